The lowest BCUT2D eigenvalue weighted by Gasteiger charge is -2.19. The van der Waals surface area contributed by atoms with Crippen LogP contribution < -0.4 is 15.9 Å². The first-order valence-corrected chi connectivity index (χ1v) is 20.2. The summed E-state index contributed by atoms with van der Waals surface area (Å²) in [5.74, 6) is -0.360. The van der Waals surface area contributed by atoms with E-state index in [2.05, 4.69) is 17.0 Å². The van der Waals surface area contributed by atoms with Crippen molar-refractivity contribution in [3.05, 3.63) is 127 Å². The molecule has 4 heterocycles. The number of rotatable bonds is 5. The normalized spacial score (nSPS) is 12.8. The molecule has 0 unspecified atom stereocenters. The summed E-state index contributed by atoms with van der Waals surface area (Å²) >= 11 is 27.1. The standard InChI is InChI=1S/C21H18ClFN2O3S.C19H16ClFN2O2.C2H3ClOS/c1-27-21(29)28-20-18(19(26)24-10-2-3-11-25(20)24)16-12-14(6-9-17(16)22)13-4-7-15(23)8-5-13;20-16-8-5-13(12-3-6-14(21)7-4-12)11-15(16)17-18(24)22-9-1-2-10-23(22)19(17)25;1-4-2(3)5/h4-9,12H,2-3,10-11H2,1H3;3-8,11,24H,1-2,9-10H2;1H3. The van der Waals surface area contributed by atoms with Crippen LogP contribution in [0.5, 0.6) is 11.8 Å². The zero-order valence-corrected chi connectivity index (χ0v) is 35.6. The van der Waals surface area contributed by atoms with Crippen molar-refractivity contribution in [1.29, 1.82) is 0 Å². The van der Waals surface area contributed by atoms with Crippen LogP contribution in [0.2, 0.25) is 10.0 Å². The van der Waals surface area contributed by atoms with Gasteiger partial charge in [0, 0.05) is 59.6 Å². The zero-order valence-electron chi connectivity index (χ0n) is 31.7. The van der Waals surface area contributed by atoms with Gasteiger partial charge < -0.3 is 19.3 Å². The Bertz CT molecular complexity index is 2630. The highest BCUT2D eigenvalue weighted by Gasteiger charge is 2.28. The summed E-state index contributed by atoms with van der Waals surface area (Å²) in [5.41, 5.74) is 4.35. The Hall–Kier alpha value is -4.99. The molecule has 0 atom stereocenters. The van der Waals surface area contributed by atoms with E-state index in [-0.39, 0.29) is 43.9 Å². The van der Waals surface area contributed by atoms with Gasteiger partial charge in [-0.05, 0) is 120 Å². The van der Waals surface area contributed by atoms with Gasteiger partial charge in [-0.15, -0.1) is 0 Å². The molecule has 0 fully saturated rings. The summed E-state index contributed by atoms with van der Waals surface area (Å²) in [4.78, 5) is 26.0. The monoisotopic (exact) mass is 900 g/mol. The number of hydrogen-bond donors (Lipinski definition) is 1. The highest BCUT2D eigenvalue weighted by Crippen LogP contribution is 2.38. The Morgan fingerprint density at radius 2 is 1.00 bits per heavy atom. The second kappa shape index (κ2) is 19.4. The summed E-state index contributed by atoms with van der Waals surface area (Å²) in [6.07, 6.45) is 3.66. The number of thiocarbonyl (C=S) groups is 2. The molecular weight excluding hydrogens is 865 g/mol. The van der Waals surface area contributed by atoms with Crippen LogP contribution in [-0.2, 0) is 35.7 Å². The van der Waals surface area contributed by atoms with Gasteiger partial charge in [0.2, 0.25) is 11.8 Å². The van der Waals surface area contributed by atoms with E-state index in [1.807, 2.05) is 18.2 Å². The van der Waals surface area contributed by atoms with Crippen molar-refractivity contribution in [2.24, 2.45) is 0 Å². The number of benzene rings is 4. The van der Waals surface area contributed by atoms with Crippen molar-refractivity contribution in [1.82, 2.24) is 18.7 Å². The average molecular weight is 902 g/mol. The molecule has 0 saturated carbocycles. The van der Waals surface area contributed by atoms with Gasteiger partial charge in [0.15, 0.2) is 0 Å². The number of aromatic hydroxyl groups is 1. The van der Waals surface area contributed by atoms with Crippen molar-refractivity contribution in [2.75, 3.05) is 14.2 Å². The summed E-state index contributed by atoms with van der Waals surface area (Å²) in [6, 6.07) is 22.8. The molecule has 2 aliphatic heterocycles. The van der Waals surface area contributed by atoms with Crippen molar-refractivity contribution in [3.63, 3.8) is 0 Å². The number of hydrogen-bond acceptors (Lipinski definition) is 8. The van der Waals surface area contributed by atoms with Crippen molar-refractivity contribution in [3.8, 4) is 56.3 Å². The summed E-state index contributed by atoms with van der Waals surface area (Å²) in [6.45, 7) is 2.41. The lowest BCUT2D eigenvalue weighted by Crippen LogP contribution is -2.27. The Kier molecular flexibility index (Phi) is 14.3. The maximum Gasteiger partial charge on any atom is 0.358 e. The Morgan fingerprint density at radius 1 is 0.610 bits per heavy atom. The predicted octanol–water partition coefficient (Wildman–Crippen LogP) is 10.3. The minimum atomic E-state index is -0.315. The van der Waals surface area contributed by atoms with E-state index < -0.39 is 0 Å². The van der Waals surface area contributed by atoms with Gasteiger partial charge in [-0.25, -0.2) is 18.1 Å². The number of halogens is 5. The van der Waals surface area contributed by atoms with Crippen LogP contribution in [-0.4, -0.2) is 47.8 Å². The smallest absolute Gasteiger partial charge is 0.358 e. The van der Waals surface area contributed by atoms with Gasteiger partial charge in [-0.2, -0.15) is 0 Å². The molecule has 0 aliphatic carbocycles. The number of ether oxygens (including phenoxy) is 3. The van der Waals surface area contributed by atoms with E-state index in [0.717, 1.165) is 47.9 Å². The molecule has 0 amide bonds. The minimum absolute atomic E-state index is 0.0529. The first-order chi connectivity index (χ1) is 28.3. The van der Waals surface area contributed by atoms with Gasteiger partial charge in [0.1, 0.15) is 22.8 Å². The van der Waals surface area contributed by atoms with Crippen LogP contribution in [0.1, 0.15) is 25.7 Å². The largest absolute Gasteiger partial charge is 0.493 e. The summed E-state index contributed by atoms with van der Waals surface area (Å²) in [5, 5.41) is 11.3. The second-order valence-electron chi connectivity index (χ2n) is 13.3. The van der Waals surface area contributed by atoms with Crippen LogP contribution in [0.25, 0.3) is 44.5 Å². The zero-order chi connectivity index (χ0) is 42.4. The molecule has 6 aromatic rings. The predicted molar refractivity (Wildman–Crippen MR) is 235 cm³/mol. The fraction of sp³-hybridized carbons (Fsp3) is 0.238. The maximum atomic E-state index is 13.3. The first kappa shape index (κ1) is 43.6. The van der Waals surface area contributed by atoms with E-state index in [1.165, 1.54) is 38.5 Å². The van der Waals surface area contributed by atoms with E-state index in [0.29, 0.717) is 58.8 Å². The van der Waals surface area contributed by atoms with Crippen molar-refractivity contribution >= 4 is 69.0 Å². The topological polar surface area (TPSA) is 102 Å². The summed E-state index contributed by atoms with van der Waals surface area (Å²) in [7, 11) is 2.84. The second-order valence-corrected chi connectivity index (χ2v) is 15.4. The quantitative estimate of drug-likeness (QED) is 0.135. The Labute approximate surface area is 363 Å². The number of methoxy groups -OCH3 is 2. The molecule has 0 radical (unpaired) electrons. The van der Waals surface area contributed by atoms with E-state index in [9.17, 15) is 23.5 Å². The van der Waals surface area contributed by atoms with E-state index >= 15 is 0 Å². The van der Waals surface area contributed by atoms with Crippen LogP contribution >= 0.6 is 59.2 Å². The van der Waals surface area contributed by atoms with Crippen molar-refractivity contribution < 1.29 is 28.1 Å². The molecule has 0 bridgehead atoms. The van der Waals surface area contributed by atoms with E-state index in [1.54, 1.807) is 61.2 Å². The average Bonchev–Trinajstić information content (AvgIpc) is 3.67. The van der Waals surface area contributed by atoms with Crippen LogP contribution in [0, 0.1) is 11.6 Å². The highest BCUT2D eigenvalue weighted by molar-refractivity contribution is 7.82. The molecule has 10 nitrogen and oxygen atoms in total. The summed E-state index contributed by atoms with van der Waals surface area (Å²) < 4.78 is 48.1. The molecule has 0 saturated heterocycles. The lowest BCUT2D eigenvalue weighted by molar-refractivity contribution is 0.277. The number of aromatic nitrogens is 4. The Morgan fingerprint density at radius 3 is 1.44 bits per heavy atom. The van der Waals surface area contributed by atoms with Gasteiger partial charge in [0.05, 0.1) is 14.2 Å². The third-order valence-corrected chi connectivity index (χ3v) is 10.9. The van der Waals surface area contributed by atoms with Gasteiger partial charge >= 0.3 is 5.24 Å². The molecule has 59 heavy (non-hydrogen) atoms. The molecule has 2 aromatic heterocycles. The van der Waals surface area contributed by atoms with Gasteiger partial charge in [-0.1, -0.05) is 59.6 Å². The molecule has 308 valence electrons. The minimum Gasteiger partial charge on any atom is -0.493 e. The third kappa shape index (κ3) is 9.74. The molecule has 8 rings (SSSR count). The van der Waals surface area contributed by atoms with Crippen LogP contribution in [0.15, 0.2) is 94.5 Å². The number of fused-ring (bicyclic) bond motifs is 2. The van der Waals surface area contributed by atoms with Crippen LogP contribution in [0.4, 0.5) is 8.78 Å². The van der Waals surface area contributed by atoms with E-state index in [4.69, 9.17) is 56.5 Å². The SMILES string of the molecule is COC(=S)Cl.COC(=S)Oc1c(-c2cc(-c3ccc(F)cc3)ccc2Cl)c(=O)n2n1CCCC2.O=c1c(-c2cc(-c3ccc(F)cc3)ccc2Cl)c(O)n2n1CCCC2. The molecule has 0 spiro atoms. The fourth-order valence-corrected chi connectivity index (χ4v) is 7.36. The molecule has 4 aromatic carbocycles. The molecule has 17 heteroatoms. The fourth-order valence-electron chi connectivity index (χ4n) is 6.85. The molecular formula is C42H37Cl3F2N4O6S2. The molecule has 2 aliphatic rings. The van der Waals surface area contributed by atoms with Gasteiger partial charge in [0.25, 0.3) is 15.6 Å². The van der Waals surface area contributed by atoms with Crippen molar-refractivity contribution in [2.45, 2.75) is 51.9 Å². The maximum absolute atomic E-state index is 13.3. The third-order valence-electron chi connectivity index (χ3n) is 9.71. The Balaban J connectivity index is 0.000000180. The number of nitrogens with zero attached hydrogens (tertiary/aromatic N) is 4. The van der Waals surface area contributed by atoms with Gasteiger partial charge in [-0.3, -0.25) is 19.0 Å². The van der Waals surface area contributed by atoms with Crippen LogP contribution in [0.3, 0.4) is 0 Å². The first-order valence-electron chi connectivity index (χ1n) is 18.3. The lowest BCUT2D eigenvalue weighted by atomic mass is 10.00. The molecule has 1 N–H and O–H groups in total. The highest BCUT2D eigenvalue weighted by atomic mass is 35.5.